The number of nitrogens with zero attached hydrogens (tertiary/aromatic N) is 2. The molecule has 0 bridgehead atoms. The van der Waals surface area contributed by atoms with E-state index in [1.54, 1.807) is 7.11 Å². The Balaban J connectivity index is 1.98. The highest BCUT2D eigenvalue weighted by molar-refractivity contribution is 5.93. The molecule has 2 heterocycles. The van der Waals surface area contributed by atoms with Crippen molar-refractivity contribution < 1.29 is 9.26 Å². The Bertz CT molecular complexity index is 958. The lowest BCUT2D eigenvalue weighted by molar-refractivity contribution is 0.415. The van der Waals surface area contributed by atoms with Crippen molar-refractivity contribution in [2.75, 3.05) is 7.11 Å². The third-order valence-electron chi connectivity index (χ3n) is 3.99. The van der Waals surface area contributed by atoms with E-state index in [9.17, 15) is 0 Å². The highest BCUT2D eigenvalue weighted by Crippen LogP contribution is 2.41. The minimum absolute atomic E-state index is 0.729. The lowest BCUT2D eigenvalue weighted by Gasteiger charge is -2.03. The second kappa shape index (κ2) is 5.81. The van der Waals surface area contributed by atoms with Gasteiger partial charge in [-0.05, 0) is 37.3 Å². The maximum atomic E-state index is 5.54. The maximum Gasteiger partial charge on any atom is 0.169 e. The minimum Gasteiger partial charge on any atom is -0.497 e. The summed E-state index contributed by atoms with van der Waals surface area (Å²) in [5.41, 5.74) is 5.68. The lowest BCUT2D eigenvalue weighted by atomic mass is 10.0. The van der Waals surface area contributed by atoms with Gasteiger partial charge in [0.1, 0.15) is 5.75 Å². The van der Waals surface area contributed by atoms with Gasteiger partial charge in [0.25, 0.3) is 0 Å². The summed E-state index contributed by atoms with van der Waals surface area (Å²) in [5.74, 6) is 1.55. The summed E-state index contributed by atoms with van der Waals surface area (Å²) < 4.78 is 10.8. The molecule has 0 spiro atoms. The molecule has 2 aliphatic rings. The van der Waals surface area contributed by atoms with E-state index in [1.807, 2.05) is 61.5 Å². The van der Waals surface area contributed by atoms with Crippen molar-refractivity contribution in [1.29, 1.82) is 0 Å². The van der Waals surface area contributed by atoms with Crippen LogP contribution in [-0.4, -0.2) is 17.3 Å². The molecule has 24 heavy (non-hydrogen) atoms. The molecule has 0 fully saturated rings. The van der Waals surface area contributed by atoms with Crippen LogP contribution in [0, 0.1) is 6.92 Å². The van der Waals surface area contributed by atoms with Crippen LogP contribution in [0.2, 0.25) is 0 Å². The van der Waals surface area contributed by atoms with Crippen LogP contribution in [0.5, 0.6) is 5.75 Å². The van der Waals surface area contributed by atoms with Gasteiger partial charge in [0, 0.05) is 17.2 Å². The van der Waals surface area contributed by atoms with Crippen molar-refractivity contribution in [2.24, 2.45) is 0 Å². The third kappa shape index (κ3) is 2.42. The summed E-state index contributed by atoms with van der Waals surface area (Å²) in [6.45, 7) is 1.92. The second-order valence-electron chi connectivity index (χ2n) is 5.61. The van der Waals surface area contributed by atoms with E-state index >= 15 is 0 Å². The molecule has 1 aromatic carbocycles. The zero-order valence-electron chi connectivity index (χ0n) is 13.5. The van der Waals surface area contributed by atoms with Crippen molar-refractivity contribution in [2.45, 2.75) is 6.92 Å². The zero-order chi connectivity index (χ0) is 16.5. The molecular weight excluding hydrogens is 300 g/mol. The fraction of sp³-hybridized carbons (Fsp3) is 0.100. The number of ether oxygens (including phenoxy) is 1. The molecule has 2 aromatic rings. The first-order chi connectivity index (χ1) is 11.8. The van der Waals surface area contributed by atoms with Crippen molar-refractivity contribution in [1.82, 2.24) is 10.1 Å². The number of hydrogen-bond acceptors (Lipinski definition) is 4. The average molecular weight is 316 g/mol. The van der Waals surface area contributed by atoms with Crippen molar-refractivity contribution >= 4 is 0 Å². The van der Waals surface area contributed by atoms with Crippen LogP contribution in [-0.2, 0) is 0 Å². The lowest BCUT2D eigenvalue weighted by Crippen LogP contribution is -1.84. The number of benzene rings is 1. The van der Waals surface area contributed by atoms with Gasteiger partial charge in [-0.15, -0.1) is 0 Å². The smallest absolute Gasteiger partial charge is 0.169 e. The largest absolute Gasteiger partial charge is 0.497 e. The monoisotopic (exact) mass is 316 g/mol. The molecular formula is C20H16N2O2. The van der Waals surface area contributed by atoms with Crippen molar-refractivity contribution in [3.8, 4) is 39.6 Å². The van der Waals surface area contributed by atoms with E-state index in [2.05, 4.69) is 11.2 Å². The number of fused-ring (bicyclic) bond motifs is 1. The Morgan fingerprint density at radius 2 is 1.75 bits per heavy atom. The SMILES string of the molecule is COc1ccc(-c2nc3cccccc-3c2-c2cc(C)no2)cc1. The van der Waals surface area contributed by atoms with Crippen LogP contribution >= 0.6 is 0 Å². The van der Waals surface area contributed by atoms with E-state index in [1.165, 1.54) is 0 Å². The molecule has 118 valence electrons. The number of hydrogen-bond donors (Lipinski definition) is 0. The maximum absolute atomic E-state index is 5.54. The van der Waals surface area contributed by atoms with Gasteiger partial charge in [-0.1, -0.05) is 29.4 Å². The van der Waals surface area contributed by atoms with Gasteiger partial charge in [0.05, 0.1) is 29.8 Å². The molecule has 0 atom stereocenters. The van der Waals surface area contributed by atoms with Gasteiger partial charge in [0.2, 0.25) is 0 Å². The van der Waals surface area contributed by atoms with Crippen LogP contribution in [0.4, 0.5) is 0 Å². The molecule has 0 saturated heterocycles. The molecule has 4 heteroatoms. The first-order valence-corrected chi connectivity index (χ1v) is 7.73. The molecule has 1 aliphatic carbocycles. The normalized spacial score (nSPS) is 10.9. The topological polar surface area (TPSA) is 48.2 Å². The Kier molecular flexibility index (Phi) is 3.50. The Morgan fingerprint density at radius 1 is 0.958 bits per heavy atom. The van der Waals surface area contributed by atoms with Crippen molar-refractivity contribution in [3.63, 3.8) is 0 Å². The molecule has 0 saturated carbocycles. The molecule has 1 aliphatic heterocycles. The fourth-order valence-electron chi connectivity index (χ4n) is 2.84. The summed E-state index contributed by atoms with van der Waals surface area (Å²) >= 11 is 0. The predicted octanol–water partition coefficient (Wildman–Crippen LogP) is 4.83. The quantitative estimate of drug-likeness (QED) is 0.543. The van der Waals surface area contributed by atoms with E-state index in [0.29, 0.717) is 0 Å². The van der Waals surface area contributed by atoms with Crippen LogP contribution in [0.15, 0.2) is 65.2 Å². The Labute approximate surface area is 140 Å². The minimum atomic E-state index is 0.729. The number of aromatic nitrogens is 2. The standard InChI is InChI=1S/C20H16N2O2/c1-13-12-18(24-22-13)19-16-6-4-3-5-7-17(16)21-20(19)14-8-10-15(23-2)11-9-14/h3-12H,1-2H3. The number of rotatable bonds is 3. The van der Waals surface area contributed by atoms with E-state index in [-0.39, 0.29) is 0 Å². The number of aryl methyl sites for hydroxylation is 1. The van der Waals surface area contributed by atoms with Crippen LogP contribution in [0.25, 0.3) is 33.8 Å². The summed E-state index contributed by atoms with van der Waals surface area (Å²) in [6, 6.07) is 19.9. The third-order valence-corrected chi connectivity index (χ3v) is 3.99. The van der Waals surface area contributed by atoms with Gasteiger partial charge < -0.3 is 9.26 Å². The highest BCUT2D eigenvalue weighted by atomic mass is 16.5. The summed E-state index contributed by atoms with van der Waals surface area (Å²) in [5, 5.41) is 4.03. The highest BCUT2D eigenvalue weighted by Gasteiger charge is 2.22. The molecule has 4 rings (SSSR count). The molecule has 0 N–H and O–H groups in total. The first-order valence-electron chi connectivity index (χ1n) is 7.73. The zero-order valence-corrected chi connectivity index (χ0v) is 13.5. The van der Waals surface area contributed by atoms with Crippen LogP contribution in [0.1, 0.15) is 5.69 Å². The Hall–Kier alpha value is -3.14. The predicted molar refractivity (Wildman–Crippen MR) is 93.1 cm³/mol. The van der Waals surface area contributed by atoms with Gasteiger partial charge in [-0.3, -0.25) is 0 Å². The van der Waals surface area contributed by atoms with Crippen LogP contribution < -0.4 is 4.74 Å². The second-order valence-corrected chi connectivity index (χ2v) is 5.61. The van der Waals surface area contributed by atoms with E-state index in [0.717, 1.165) is 45.3 Å². The number of methoxy groups -OCH3 is 1. The summed E-state index contributed by atoms with van der Waals surface area (Å²) in [6.07, 6.45) is 0. The summed E-state index contributed by atoms with van der Waals surface area (Å²) in [7, 11) is 1.66. The fourth-order valence-corrected chi connectivity index (χ4v) is 2.84. The van der Waals surface area contributed by atoms with Crippen LogP contribution in [0.3, 0.4) is 0 Å². The molecule has 0 radical (unpaired) electrons. The molecule has 0 amide bonds. The van der Waals surface area contributed by atoms with Crippen molar-refractivity contribution in [3.05, 3.63) is 66.4 Å². The van der Waals surface area contributed by atoms with Gasteiger partial charge in [0.15, 0.2) is 5.76 Å². The van der Waals surface area contributed by atoms with E-state index in [4.69, 9.17) is 14.2 Å². The van der Waals surface area contributed by atoms with Gasteiger partial charge in [-0.2, -0.15) is 0 Å². The molecule has 4 nitrogen and oxygen atoms in total. The van der Waals surface area contributed by atoms with Gasteiger partial charge >= 0.3 is 0 Å². The Morgan fingerprint density at radius 3 is 2.46 bits per heavy atom. The van der Waals surface area contributed by atoms with Gasteiger partial charge in [-0.25, -0.2) is 4.98 Å². The van der Waals surface area contributed by atoms with E-state index < -0.39 is 0 Å². The first kappa shape index (κ1) is 14.5. The molecule has 0 unspecified atom stereocenters. The molecule has 1 aromatic heterocycles. The summed E-state index contributed by atoms with van der Waals surface area (Å²) in [4.78, 5) is 4.84. The average Bonchev–Trinajstić information content (AvgIpc) is 3.11.